The lowest BCUT2D eigenvalue weighted by molar-refractivity contribution is 0.942. The van der Waals surface area contributed by atoms with Gasteiger partial charge in [0.05, 0.1) is 28.1 Å². The van der Waals surface area contributed by atoms with Crippen LogP contribution in [-0.2, 0) is 0 Å². The largest absolute Gasteiger partial charge is 0.331 e. The van der Waals surface area contributed by atoms with E-state index in [1.165, 1.54) is 71.6 Å². The molecule has 0 atom stereocenters. The van der Waals surface area contributed by atoms with Gasteiger partial charge in [0, 0.05) is 44.3 Å². The molecule has 0 saturated heterocycles. The number of allylic oxidation sites excluding steroid dienone is 4. The quantitative estimate of drug-likeness (QED) is 0.169. The van der Waals surface area contributed by atoms with Crippen molar-refractivity contribution >= 4 is 55.0 Å². The van der Waals surface area contributed by atoms with Crippen LogP contribution < -0.4 is 4.90 Å². The molecule has 10 rings (SSSR count). The minimum absolute atomic E-state index is 0.0747. The van der Waals surface area contributed by atoms with Crippen LogP contribution >= 0.6 is 0 Å². The molecule has 0 aliphatic heterocycles. The molecular weight excluding hydrogens is 655 g/mol. The third-order valence-electron chi connectivity index (χ3n) is 10.8. The number of para-hydroxylation sites is 3. The molecule has 3 nitrogen and oxygen atoms in total. The maximum atomic E-state index is 2.42. The lowest BCUT2D eigenvalue weighted by Crippen LogP contribution is -2.27. The van der Waals surface area contributed by atoms with Crippen molar-refractivity contribution in [1.29, 1.82) is 0 Å². The molecule has 258 valence electrons. The van der Waals surface area contributed by atoms with Gasteiger partial charge in [-0.25, -0.2) is 0 Å². The van der Waals surface area contributed by atoms with Gasteiger partial charge in [0.25, 0.3) is 0 Å². The average Bonchev–Trinajstić information content (AvgIpc) is 3.57. The molecule has 0 saturated carbocycles. The summed E-state index contributed by atoms with van der Waals surface area (Å²) in [7, 11) is 0. The number of fused-ring (bicyclic) bond motifs is 6. The van der Waals surface area contributed by atoms with E-state index in [0.717, 1.165) is 17.1 Å². The molecule has 54 heavy (non-hydrogen) atoms. The summed E-state index contributed by atoms with van der Waals surface area (Å²) >= 11 is 0. The van der Waals surface area contributed by atoms with Crippen molar-refractivity contribution in [2.24, 2.45) is 0 Å². The molecule has 2 aromatic heterocycles. The molecule has 1 aliphatic rings. The lowest BCUT2D eigenvalue weighted by atomic mass is 10.0. The van der Waals surface area contributed by atoms with E-state index in [2.05, 4.69) is 222 Å². The van der Waals surface area contributed by atoms with Crippen molar-refractivity contribution in [3.63, 3.8) is 0 Å². The van der Waals surface area contributed by atoms with E-state index in [4.69, 9.17) is 0 Å². The van der Waals surface area contributed by atoms with Crippen molar-refractivity contribution < 1.29 is 0 Å². The first kappa shape index (κ1) is 31.9. The smallest absolute Gasteiger partial charge is 0.0712 e. The van der Waals surface area contributed by atoms with Crippen LogP contribution in [-0.4, -0.2) is 15.2 Å². The van der Waals surface area contributed by atoms with Gasteiger partial charge in [0.15, 0.2) is 0 Å². The Hall–Kier alpha value is -6.84. The van der Waals surface area contributed by atoms with Crippen molar-refractivity contribution in [3.8, 4) is 22.5 Å². The summed E-state index contributed by atoms with van der Waals surface area (Å²) in [4.78, 5) is 2.41. The predicted octanol–water partition coefficient (Wildman–Crippen LogP) is 13.4. The Morgan fingerprint density at radius 1 is 0.389 bits per heavy atom. The lowest BCUT2D eigenvalue weighted by Gasteiger charge is -2.30. The van der Waals surface area contributed by atoms with Gasteiger partial charge in [-0.3, -0.25) is 0 Å². The Bertz CT molecular complexity index is 2930. The van der Waals surface area contributed by atoms with Gasteiger partial charge in [-0.1, -0.05) is 115 Å². The molecule has 0 N–H and O–H groups in total. The maximum Gasteiger partial charge on any atom is 0.0712 e. The number of benzene rings is 7. The summed E-state index contributed by atoms with van der Waals surface area (Å²) in [5, 5.41) is 5.01. The first-order chi connectivity index (χ1) is 26.6. The van der Waals surface area contributed by atoms with Crippen LogP contribution in [0.1, 0.15) is 11.1 Å². The Morgan fingerprint density at radius 3 is 1.52 bits per heavy atom. The van der Waals surface area contributed by atoms with E-state index in [9.17, 15) is 0 Å². The molecule has 1 aliphatic carbocycles. The zero-order valence-corrected chi connectivity index (χ0v) is 30.4. The van der Waals surface area contributed by atoms with Gasteiger partial charge in [-0.05, 0) is 115 Å². The summed E-state index contributed by atoms with van der Waals surface area (Å²) in [5.41, 5.74) is 14.4. The first-order valence-electron chi connectivity index (χ1n) is 18.7. The minimum Gasteiger partial charge on any atom is -0.331 e. The molecule has 2 heterocycles. The molecule has 0 unspecified atom stereocenters. The Labute approximate surface area is 315 Å². The Balaban J connectivity index is 1.11. The van der Waals surface area contributed by atoms with Gasteiger partial charge in [-0.15, -0.1) is 0 Å². The van der Waals surface area contributed by atoms with Gasteiger partial charge >= 0.3 is 0 Å². The number of aromatic nitrogens is 2. The standard InChI is InChI=1S/C51H39N3/c1-35-29-36(2)31-43(30-35)54-49-24-13-11-22-45(49)47-33-38(26-28-51(47)54)37-25-27-50-46(32-37)44-21-10-12-23-48(44)53(50)42-20-14-19-41(34-42)52(40-17-8-5-9-18-40)39-15-6-3-4-7-16-39/h3-34,39H,1-2H3. The summed E-state index contributed by atoms with van der Waals surface area (Å²) in [6.07, 6.45) is 12.9. The summed E-state index contributed by atoms with van der Waals surface area (Å²) < 4.78 is 4.83. The number of nitrogens with zero attached hydrogens (tertiary/aromatic N) is 3. The van der Waals surface area contributed by atoms with Crippen LogP contribution in [0.2, 0.25) is 0 Å². The zero-order valence-electron chi connectivity index (χ0n) is 30.4. The third-order valence-corrected chi connectivity index (χ3v) is 10.8. The van der Waals surface area contributed by atoms with Crippen molar-refractivity contribution in [3.05, 3.63) is 205 Å². The number of hydrogen-bond acceptors (Lipinski definition) is 1. The van der Waals surface area contributed by atoms with E-state index in [0.29, 0.717) is 0 Å². The summed E-state index contributed by atoms with van der Waals surface area (Å²) in [5.74, 6) is 0. The molecule has 0 fully saturated rings. The molecule has 0 radical (unpaired) electrons. The van der Waals surface area contributed by atoms with Crippen LogP contribution in [0.4, 0.5) is 11.4 Å². The van der Waals surface area contributed by atoms with Crippen LogP contribution in [0.5, 0.6) is 0 Å². The number of hydrogen-bond donors (Lipinski definition) is 0. The topological polar surface area (TPSA) is 13.1 Å². The maximum absolute atomic E-state index is 2.42. The van der Waals surface area contributed by atoms with E-state index in [1.807, 2.05) is 0 Å². The number of aryl methyl sites for hydroxylation is 2. The minimum atomic E-state index is 0.0747. The summed E-state index contributed by atoms with van der Waals surface area (Å²) in [6.45, 7) is 4.36. The molecule has 0 spiro atoms. The molecule has 0 bridgehead atoms. The van der Waals surface area contributed by atoms with Crippen LogP contribution in [0.3, 0.4) is 0 Å². The second kappa shape index (κ2) is 13.0. The highest BCUT2D eigenvalue weighted by atomic mass is 15.2. The molecule has 9 aromatic rings. The second-order valence-corrected chi connectivity index (χ2v) is 14.4. The highest BCUT2D eigenvalue weighted by molar-refractivity contribution is 6.12. The van der Waals surface area contributed by atoms with Gasteiger partial charge in [0.1, 0.15) is 0 Å². The normalized spacial score (nSPS) is 13.1. The van der Waals surface area contributed by atoms with E-state index in [1.54, 1.807) is 0 Å². The van der Waals surface area contributed by atoms with Crippen LogP contribution in [0.15, 0.2) is 194 Å². The van der Waals surface area contributed by atoms with E-state index < -0.39 is 0 Å². The number of rotatable bonds is 6. The highest BCUT2D eigenvalue weighted by Crippen LogP contribution is 2.39. The fraction of sp³-hybridized carbons (Fsp3) is 0.0588. The number of anilines is 2. The summed E-state index contributed by atoms with van der Waals surface area (Å²) in [6, 6.07) is 58.0. The van der Waals surface area contributed by atoms with E-state index >= 15 is 0 Å². The SMILES string of the molecule is Cc1cc(C)cc(-n2c3ccccc3c3cc(-c4ccc5c(c4)c4ccccc4n5-c4cccc(N(c5ccccc5)C5C=CC=CC=C5)c4)ccc32)c1. The van der Waals surface area contributed by atoms with Gasteiger partial charge < -0.3 is 14.0 Å². The van der Waals surface area contributed by atoms with Crippen molar-refractivity contribution in [2.75, 3.05) is 4.90 Å². The fourth-order valence-corrected chi connectivity index (χ4v) is 8.53. The average molecular weight is 694 g/mol. The Morgan fingerprint density at radius 2 is 0.907 bits per heavy atom. The monoisotopic (exact) mass is 693 g/mol. The third kappa shape index (κ3) is 5.36. The van der Waals surface area contributed by atoms with Gasteiger partial charge in [0.2, 0.25) is 0 Å². The molecule has 7 aromatic carbocycles. The van der Waals surface area contributed by atoms with Crippen molar-refractivity contribution in [1.82, 2.24) is 9.13 Å². The second-order valence-electron chi connectivity index (χ2n) is 14.4. The van der Waals surface area contributed by atoms with Crippen molar-refractivity contribution in [2.45, 2.75) is 19.9 Å². The zero-order chi connectivity index (χ0) is 36.2. The molecule has 0 amide bonds. The van der Waals surface area contributed by atoms with Gasteiger partial charge in [-0.2, -0.15) is 0 Å². The molecule has 3 heteroatoms. The predicted molar refractivity (Wildman–Crippen MR) is 230 cm³/mol. The first-order valence-corrected chi connectivity index (χ1v) is 18.7. The van der Waals surface area contributed by atoms with E-state index in [-0.39, 0.29) is 6.04 Å². The molecular formula is C51H39N3. The van der Waals surface area contributed by atoms with Crippen LogP contribution in [0.25, 0.3) is 66.1 Å². The van der Waals surface area contributed by atoms with Crippen LogP contribution in [0, 0.1) is 13.8 Å². The highest BCUT2D eigenvalue weighted by Gasteiger charge is 2.20. The fourth-order valence-electron chi connectivity index (χ4n) is 8.53. The Kier molecular flexibility index (Phi) is 7.66.